The predicted octanol–water partition coefficient (Wildman–Crippen LogP) is 2.70. The van der Waals surface area contributed by atoms with Gasteiger partial charge in [-0.1, -0.05) is 24.8 Å². The lowest BCUT2D eigenvalue weighted by Gasteiger charge is -2.10. The number of hydrogen-bond acceptors (Lipinski definition) is 3. The predicted molar refractivity (Wildman–Crippen MR) is 62.2 cm³/mol. The second kappa shape index (κ2) is 5.95. The zero-order valence-electron chi connectivity index (χ0n) is 9.66. The summed E-state index contributed by atoms with van der Waals surface area (Å²) >= 11 is 0. The number of ether oxygens (including phenoxy) is 2. The summed E-state index contributed by atoms with van der Waals surface area (Å²) in [4.78, 5) is 11.2. The summed E-state index contributed by atoms with van der Waals surface area (Å²) in [5, 5.41) is 0. The minimum atomic E-state index is -0.383. The maximum Gasteiger partial charge on any atom is 0.333 e. The summed E-state index contributed by atoms with van der Waals surface area (Å²) in [6.45, 7) is 7.85. The Balaban J connectivity index is 2.66. The average molecular weight is 220 g/mol. The van der Waals surface area contributed by atoms with Gasteiger partial charge in [-0.05, 0) is 19.9 Å². The molecule has 3 heteroatoms. The molecular formula is C13H16O3. The molecule has 0 saturated carbocycles. The molecule has 0 aromatic heterocycles. The van der Waals surface area contributed by atoms with Crippen LogP contribution in [0.3, 0.4) is 0 Å². The van der Waals surface area contributed by atoms with Gasteiger partial charge in [-0.2, -0.15) is 0 Å². The van der Waals surface area contributed by atoms with Crippen molar-refractivity contribution in [1.82, 2.24) is 0 Å². The molecule has 1 aromatic rings. The first kappa shape index (κ1) is 12.3. The molecule has 0 fully saturated rings. The van der Waals surface area contributed by atoms with Crippen molar-refractivity contribution in [2.24, 2.45) is 0 Å². The fourth-order valence-electron chi connectivity index (χ4n) is 1.19. The van der Waals surface area contributed by atoms with Crippen molar-refractivity contribution >= 4 is 5.97 Å². The van der Waals surface area contributed by atoms with Crippen molar-refractivity contribution in [3.8, 4) is 5.75 Å². The first-order chi connectivity index (χ1) is 7.65. The zero-order chi connectivity index (χ0) is 12.0. The van der Waals surface area contributed by atoms with Crippen molar-refractivity contribution in [2.75, 3.05) is 6.61 Å². The van der Waals surface area contributed by atoms with Crippen LogP contribution in [0.2, 0.25) is 0 Å². The van der Waals surface area contributed by atoms with Gasteiger partial charge < -0.3 is 9.47 Å². The van der Waals surface area contributed by atoms with Gasteiger partial charge in [-0.25, -0.2) is 4.79 Å². The molecule has 0 heterocycles. The first-order valence-electron chi connectivity index (χ1n) is 5.18. The van der Waals surface area contributed by atoms with Gasteiger partial charge >= 0.3 is 5.97 Å². The average Bonchev–Trinajstić information content (AvgIpc) is 2.27. The van der Waals surface area contributed by atoms with Gasteiger partial charge in [-0.15, -0.1) is 0 Å². The van der Waals surface area contributed by atoms with Crippen LogP contribution >= 0.6 is 0 Å². The van der Waals surface area contributed by atoms with E-state index in [9.17, 15) is 4.79 Å². The van der Waals surface area contributed by atoms with Gasteiger partial charge in [-0.3, -0.25) is 0 Å². The Labute approximate surface area is 95.7 Å². The van der Waals surface area contributed by atoms with Crippen LogP contribution in [0.1, 0.15) is 19.4 Å². The molecule has 0 aliphatic carbocycles. The SMILES string of the molecule is C=C(C)C(=O)OCc1ccccc1OCC. The molecule has 3 nitrogen and oxygen atoms in total. The van der Waals surface area contributed by atoms with Crippen LogP contribution in [-0.2, 0) is 16.1 Å². The van der Waals surface area contributed by atoms with Crippen molar-refractivity contribution in [1.29, 1.82) is 0 Å². The summed E-state index contributed by atoms with van der Waals surface area (Å²) in [7, 11) is 0. The van der Waals surface area contributed by atoms with Gasteiger partial charge in [0.2, 0.25) is 0 Å². The molecule has 1 rings (SSSR count). The number of carbonyl (C=O) groups excluding carboxylic acids is 1. The fourth-order valence-corrected chi connectivity index (χ4v) is 1.19. The molecule has 0 bridgehead atoms. The van der Waals surface area contributed by atoms with E-state index in [1.165, 1.54) is 0 Å². The number of carbonyl (C=O) groups is 1. The Hall–Kier alpha value is -1.77. The highest BCUT2D eigenvalue weighted by atomic mass is 16.5. The van der Waals surface area contributed by atoms with E-state index in [0.717, 1.165) is 11.3 Å². The van der Waals surface area contributed by atoms with Crippen LogP contribution in [-0.4, -0.2) is 12.6 Å². The molecule has 0 radical (unpaired) electrons. The second-order valence-corrected chi connectivity index (χ2v) is 3.40. The van der Waals surface area contributed by atoms with Crippen LogP contribution in [0, 0.1) is 0 Å². The molecule has 16 heavy (non-hydrogen) atoms. The quantitative estimate of drug-likeness (QED) is 0.565. The zero-order valence-corrected chi connectivity index (χ0v) is 9.66. The Morgan fingerprint density at radius 2 is 2.06 bits per heavy atom. The van der Waals surface area contributed by atoms with Crippen molar-refractivity contribution < 1.29 is 14.3 Å². The van der Waals surface area contributed by atoms with Gasteiger partial charge in [0.15, 0.2) is 0 Å². The van der Waals surface area contributed by atoms with Crippen molar-refractivity contribution in [3.05, 3.63) is 42.0 Å². The molecule has 0 unspecified atom stereocenters. The van der Waals surface area contributed by atoms with E-state index in [1.807, 2.05) is 31.2 Å². The number of benzene rings is 1. The molecule has 0 spiro atoms. The lowest BCUT2D eigenvalue weighted by molar-refractivity contribution is -0.140. The Kier molecular flexibility index (Phi) is 4.58. The monoisotopic (exact) mass is 220 g/mol. The van der Waals surface area contributed by atoms with E-state index < -0.39 is 0 Å². The van der Waals surface area contributed by atoms with Gasteiger partial charge in [0.1, 0.15) is 12.4 Å². The number of rotatable bonds is 5. The lowest BCUT2D eigenvalue weighted by atomic mass is 10.2. The highest BCUT2D eigenvalue weighted by molar-refractivity contribution is 5.86. The number of hydrogen-bond donors (Lipinski definition) is 0. The summed E-state index contributed by atoms with van der Waals surface area (Å²) < 4.78 is 10.5. The molecule has 0 atom stereocenters. The minimum absolute atomic E-state index is 0.210. The molecule has 0 aliphatic rings. The highest BCUT2D eigenvalue weighted by Gasteiger charge is 2.07. The summed E-state index contributed by atoms with van der Waals surface area (Å²) in [5.74, 6) is 0.366. The number of para-hydroxylation sites is 1. The third kappa shape index (κ3) is 3.42. The standard InChI is InChI=1S/C13H16O3/c1-4-15-12-8-6-5-7-11(12)9-16-13(14)10(2)3/h5-8H,2,4,9H2,1,3H3. The Morgan fingerprint density at radius 1 is 1.38 bits per heavy atom. The molecule has 0 aliphatic heterocycles. The number of esters is 1. The van der Waals surface area contributed by atoms with E-state index >= 15 is 0 Å². The molecular weight excluding hydrogens is 204 g/mol. The molecule has 0 N–H and O–H groups in total. The molecule has 0 saturated heterocycles. The topological polar surface area (TPSA) is 35.5 Å². The third-order valence-corrected chi connectivity index (χ3v) is 1.98. The van der Waals surface area contributed by atoms with Gasteiger partial charge in [0.05, 0.1) is 6.61 Å². The maximum atomic E-state index is 11.2. The van der Waals surface area contributed by atoms with Crippen LogP contribution in [0.4, 0.5) is 0 Å². The maximum absolute atomic E-state index is 11.2. The molecule has 0 amide bonds. The van der Waals surface area contributed by atoms with Crippen LogP contribution in [0.25, 0.3) is 0 Å². The van der Waals surface area contributed by atoms with E-state index in [4.69, 9.17) is 9.47 Å². The highest BCUT2D eigenvalue weighted by Crippen LogP contribution is 2.19. The van der Waals surface area contributed by atoms with Crippen molar-refractivity contribution in [3.63, 3.8) is 0 Å². The van der Waals surface area contributed by atoms with Crippen molar-refractivity contribution in [2.45, 2.75) is 20.5 Å². The van der Waals surface area contributed by atoms with E-state index in [-0.39, 0.29) is 12.6 Å². The Morgan fingerprint density at radius 3 is 2.69 bits per heavy atom. The normalized spacial score (nSPS) is 9.62. The minimum Gasteiger partial charge on any atom is -0.493 e. The summed E-state index contributed by atoms with van der Waals surface area (Å²) in [5.41, 5.74) is 1.26. The third-order valence-electron chi connectivity index (χ3n) is 1.98. The fraction of sp³-hybridized carbons (Fsp3) is 0.308. The first-order valence-corrected chi connectivity index (χ1v) is 5.18. The van der Waals surface area contributed by atoms with E-state index in [2.05, 4.69) is 6.58 Å². The van der Waals surface area contributed by atoms with Crippen LogP contribution in [0.15, 0.2) is 36.4 Å². The van der Waals surface area contributed by atoms with Crippen LogP contribution < -0.4 is 4.74 Å². The molecule has 1 aromatic carbocycles. The van der Waals surface area contributed by atoms with E-state index in [0.29, 0.717) is 12.2 Å². The summed E-state index contributed by atoms with van der Waals surface area (Å²) in [6.07, 6.45) is 0. The second-order valence-electron chi connectivity index (χ2n) is 3.40. The van der Waals surface area contributed by atoms with E-state index in [1.54, 1.807) is 6.92 Å². The Bertz CT molecular complexity index is 383. The summed E-state index contributed by atoms with van der Waals surface area (Å²) in [6, 6.07) is 7.49. The lowest BCUT2D eigenvalue weighted by Crippen LogP contribution is -2.06. The van der Waals surface area contributed by atoms with Gasteiger partial charge in [0, 0.05) is 11.1 Å². The molecule has 86 valence electrons. The van der Waals surface area contributed by atoms with Crippen LogP contribution in [0.5, 0.6) is 5.75 Å². The largest absolute Gasteiger partial charge is 0.493 e. The van der Waals surface area contributed by atoms with Gasteiger partial charge in [0.25, 0.3) is 0 Å². The smallest absolute Gasteiger partial charge is 0.333 e.